The summed E-state index contributed by atoms with van der Waals surface area (Å²) in [6.07, 6.45) is 0. The van der Waals surface area contributed by atoms with Crippen molar-refractivity contribution in [2.75, 3.05) is 13.6 Å². The van der Waals surface area contributed by atoms with Crippen LogP contribution < -0.4 is 0 Å². The summed E-state index contributed by atoms with van der Waals surface area (Å²) in [5.74, 6) is -1.38. The molecule has 0 spiro atoms. The Balaban J connectivity index is 2.38. The summed E-state index contributed by atoms with van der Waals surface area (Å²) in [5.41, 5.74) is 1.57. The summed E-state index contributed by atoms with van der Waals surface area (Å²) in [6.45, 7) is 3.24. The van der Waals surface area contributed by atoms with E-state index in [2.05, 4.69) is 15.1 Å². The van der Waals surface area contributed by atoms with Crippen molar-refractivity contribution < 1.29 is 14.7 Å². The molecular formula is C11H13N5O3. The summed E-state index contributed by atoms with van der Waals surface area (Å²) in [6, 6.07) is 1.82. The van der Waals surface area contributed by atoms with Crippen molar-refractivity contribution in [2.24, 2.45) is 0 Å². The fourth-order valence-corrected chi connectivity index (χ4v) is 1.70. The zero-order chi connectivity index (χ0) is 14.2. The minimum atomic E-state index is -1.09. The van der Waals surface area contributed by atoms with E-state index in [-0.39, 0.29) is 5.82 Å². The molecule has 0 unspecified atom stereocenters. The lowest BCUT2D eigenvalue weighted by molar-refractivity contribution is -0.137. The van der Waals surface area contributed by atoms with E-state index in [1.165, 1.54) is 11.6 Å². The van der Waals surface area contributed by atoms with Crippen molar-refractivity contribution in [3.8, 4) is 0 Å². The zero-order valence-electron chi connectivity index (χ0n) is 10.8. The van der Waals surface area contributed by atoms with Gasteiger partial charge in [0.1, 0.15) is 6.54 Å². The minimum Gasteiger partial charge on any atom is -0.480 e. The van der Waals surface area contributed by atoms with E-state index in [1.807, 2.05) is 19.9 Å². The Morgan fingerprint density at radius 2 is 2.05 bits per heavy atom. The second-order valence-corrected chi connectivity index (χ2v) is 4.24. The number of amides is 1. The van der Waals surface area contributed by atoms with E-state index >= 15 is 0 Å². The van der Waals surface area contributed by atoms with E-state index in [0.29, 0.717) is 5.78 Å². The van der Waals surface area contributed by atoms with Gasteiger partial charge in [0.25, 0.3) is 11.7 Å². The number of fused-ring (bicyclic) bond motifs is 1. The Labute approximate surface area is 108 Å². The topological polar surface area (TPSA) is 101 Å². The molecule has 0 saturated carbocycles. The maximum Gasteiger partial charge on any atom is 0.323 e. The molecule has 0 saturated heterocycles. The van der Waals surface area contributed by atoms with Crippen molar-refractivity contribution in [2.45, 2.75) is 13.8 Å². The van der Waals surface area contributed by atoms with Crippen LogP contribution in [0.3, 0.4) is 0 Å². The number of aryl methyl sites for hydroxylation is 2. The predicted octanol–water partition coefficient (Wildman–Crippen LogP) is -0.102. The first-order valence-corrected chi connectivity index (χ1v) is 5.57. The number of carbonyl (C=O) groups is 2. The summed E-state index contributed by atoms with van der Waals surface area (Å²) in [5, 5.41) is 12.7. The average Bonchev–Trinajstić information content (AvgIpc) is 2.70. The Bertz CT molecular complexity index is 664. The first kappa shape index (κ1) is 12.9. The SMILES string of the molecule is Cc1cc(C)n2nc(C(=O)N(C)CC(=O)O)nc2n1. The summed E-state index contributed by atoms with van der Waals surface area (Å²) < 4.78 is 1.45. The Morgan fingerprint density at radius 1 is 1.37 bits per heavy atom. The largest absolute Gasteiger partial charge is 0.480 e. The molecule has 0 bridgehead atoms. The van der Waals surface area contributed by atoms with Crippen LogP contribution in [0.15, 0.2) is 6.07 Å². The molecular weight excluding hydrogens is 250 g/mol. The second kappa shape index (κ2) is 4.63. The van der Waals surface area contributed by atoms with Crippen LogP contribution in [0.5, 0.6) is 0 Å². The third-order valence-electron chi connectivity index (χ3n) is 2.53. The quantitative estimate of drug-likeness (QED) is 0.829. The molecule has 0 fully saturated rings. The molecule has 0 aromatic carbocycles. The Hall–Kier alpha value is -2.51. The molecule has 0 aliphatic carbocycles. The lowest BCUT2D eigenvalue weighted by atomic mass is 10.4. The summed E-state index contributed by atoms with van der Waals surface area (Å²) >= 11 is 0. The molecule has 1 amide bonds. The van der Waals surface area contributed by atoms with E-state index in [0.717, 1.165) is 16.3 Å². The van der Waals surface area contributed by atoms with Gasteiger partial charge in [0, 0.05) is 18.4 Å². The molecule has 100 valence electrons. The minimum absolute atomic E-state index is 0.0649. The molecule has 2 aromatic heterocycles. The number of aromatic nitrogens is 4. The van der Waals surface area contributed by atoms with E-state index < -0.39 is 18.4 Å². The van der Waals surface area contributed by atoms with Gasteiger partial charge in [-0.25, -0.2) is 9.50 Å². The third kappa shape index (κ3) is 2.51. The molecule has 2 heterocycles. The van der Waals surface area contributed by atoms with E-state index in [1.54, 1.807) is 0 Å². The number of likely N-dealkylation sites (N-methyl/N-ethyl adjacent to an activating group) is 1. The lowest BCUT2D eigenvalue weighted by Gasteiger charge is -2.11. The molecule has 8 heteroatoms. The number of hydrogen-bond donors (Lipinski definition) is 1. The lowest BCUT2D eigenvalue weighted by Crippen LogP contribution is -2.32. The molecule has 0 radical (unpaired) electrons. The molecule has 8 nitrogen and oxygen atoms in total. The van der Waals surface area contributed by atoms with Gasteiger partial charge in [0.2, 0.25) is 5.82 Å². The highest BCUT2D eigenvalue weighted by Crippen LogP contribution is 2.06. The number of nitrogens with zero attached hydrogens (tertiary/aromatic N) is 5. The number of hydrogen-bond acceptors (Lipinski definition) is 5. The average molecular weight is 263 g/mol. The van der Waals surface area contributed by atoms with Gasteiger partial charge in [0.15, 0.2) is 0 Å². The van der Waals surface area contributed by atoms with Crippen LogP contribution in [0, 0.1) is 13.8 Å². The van der Waals surface area contributed by atoms with Crippen molar-refractivity contribution in [3.05, 3.63) is 23.3 Å². The number of carbonyl (C=O) groups excluding carboxylic acids is 1. The molecule has 19 heavy (non-hydrogen) atoms. The van der Waals surface area contributed by atoms with E-state index in [4.69, 9.17) is 5.11 Å². The number of rotatable bonds is 3. The molecule has 2 aromatic rings. The highest BCUT2D eigenvalue weighted by molar-refractivity contribution is 5.92. The van der Waals surface area contributed by atoms with Gasteiger partial charge in [-0.1, -0.05) is 0 Å². The third-order valence-corrected chi connectivity index (χ3v) is 2.53. The van der Waals surface area contributed by atoms with Crippen LogP contribution in [0.1, 0.15) is 22.0 Å². The van der Waals surface area contributed by atoms with Crippen LogP contribution >= 0.6 is 0 Å². The van der Waals surface area contributed by atoms with Crippen molar-refractivity contribution in [3.63, 3.8) is 0 Å². The van der Waals surface area contributed by atoms with Crippen LogP contribution in [-0.4, -0.2) is 55.1 Å². The van der Waals surface area contributed by atoms with Gasteiger partial charge in [0.05, 0.1) is 0 Å². The van der Waals surface area contributed by atoms with Gasteiger partial charge >= 0.3 is 5.97 Å². The van der Waals surface area contributed by atoms with Crippen LogP contribution in [0.2, 0.25) is 0 Å². The predicted molar refractivity (Wildman–Crippen MR) is 64.9 cm³/mol. The normalized spacial score (nSPS) is 10.7. The van der Waals surface area contributed by atoms with Crippen molar-refractivity contribution in [1.29, 1.82) is 0 Å². The Kier molecular flexibility index (Phi) is 3.16. The maximum absolute atomic E-state index is 11.9. The standard InChI is InChI=1S/C11H13N5O3/c1-6-4-7(2)16-11(12-6)13-9(14-16)10(19)15(3)5-8(17)18/h4H,5H2,1-3H3,(H,17,18). The summed E-state index contributed by atoms with van der Waals surface area (Å²) in [4.78, 5) is 31.7. The number of carboxylic acids is 1. The van der Waals surface area contributed by atoms with Crippen molar-refractivity contribution >= 4 is 17.7 Å². The van der Waals surface area contributed by atoms with Crippen LogP contribution in [0.25, 0.3) is 5.78 Å². The number of carboxylic acid groups (broad SMARTS) is 1. The van der Waals surface area contributed by atoms with Gasteiger partial charge in [-0.15, -0.1) is 5.10 Å². The highest BCUT2D eigenvalue weighted by atomic mass is 16.4. The Morgan fingerprint density at radius 3 is 2.68 bits per heavy atom. The summed E-state index contributed by atoms with van der Waals surface area (Å²) in [7, 11) is 1.38. The molecule has 0 aliphatic heterocycles. The van der Waals surface area contributed by atoms with Gasteiger partial charge in [-0.2, -0.15) is 4.98 Å². The van der Waals surface area contributed by atoms with Gasteiger partial charge in [-0.05, 0) is 19.9 Å². The van der Waals surface area contributed by atoms with Crippen molar-refractivity contribution in [1.82, 2.24) is 24.5 Å². The molecule has 2 rings (SSSR count). The maximum atomic E-state index is 11.9. The molecule has 0 aliphatic rings. The van der Waals surface area contributed by atoms with Crippen LogP contribution in [0.4, 0.5) is 0 Å². The van der Waals surface area contributed by atoms with Gasteiger partial charge < -0.3 is 10.0 Å². The molecule has 1 N–H and O–H groups in total. The fourth-order valence-electron chi connectivity index (χ4n) is 1.70. The first-order valence-electron chi connectivity index (χ1n) is 5.57. The van der Waals surface area contributed by atoms with Gasteiger partial charge in [-0.3, -0.25) is 9.59 Å². The highest BCUT2D eigenvalue weighted by Gasteiger charge is 2.20. The van der Waals surface area contributed by atoms with Crippen LogP contribution in [-0.2, 0) is 4.79 Å². The van der Waals surface area contributed by atoms with E-state index in [9.17, 15) is 9.59 Å². The fraction of sp³-hybridized carbons (Fsp3) is 0.364. The smallest absolute Gasteiger partial charge is 0.323 e. The first-order chi connectivity index (χ1) is 8.88. The zero-order valence-corrected chi connectivity index (χ0v) is 10.8. The monoisotopic (exact) mass is 263 g/mol. The molecule has 0 atom stereocenters. The second-order valence-electron chi connectivity index (χ2n) is 4.24. The number of aliphatic carboxylic acids is 1.